The molecule has 1 aromatic heterocycles. The monoisotopic (exact) mass is 343 g/mol. The lowest BCUT2D eigenvalue weighted by Gasteiger charge is -2.36. The van der Waals surface area contributed by atoms with Crippen LogP contribution in [0.4, 0.5) is 17.5 Å². The molecule has 2 aliphatic rings. The van der Waals surface area contributed by atoms with Crippen LogP contribution in [0.25, 0.3) is 0 Å². The maximum atomic E-state index is 6.11. The Kier molecular flexibility index (Phi) is 4.43. The van der Waals surface area contributed by atoms with E-state index in [2.05, 4.69) is 25.8 Å². The zero-order chi connectivity index (χ0) is 16.4. The van der Waals surface area contributed by atoms with Crippen LogP contribution in [0.1, 0.15) is 12.8 Å². The second-order valence-electron chi connectivity index (χ2n) is 6.36. The first-order valence-electron chi connectivity index (χ1n) is 8.63. The summed E-state index contributed by atoms with van der Waals surface area (Å²) < 4.78 is 0. The third-order valence-electron chi connectivity index (χ3n) is 4.79. The Morgan fingerprint density at radius 2 is 1.58 bits per heavy atom. The highest BCUT2D eigenvalue weighted by atomic mass is 35.5. The van der Waals surface area contributed by atoms with Crippen molar-refractivity contribution < 1.29 is 0 Å². The molecule has 0 atom stereocenters. The minimum atomic E-state index is 0.788. The lowest BCUT2D eigenvalue weighted by molar-refractivity contribution is 0.639. The molecule has 6 heteroatoms. The van der Waals surface area contributed by atoms with Gasteiger partial charge in [0.2, 0.25) is 5.95 Å². The minimum absolute atomic E-state index is 0.788. The van der Waals surface area contributed by atoms with Gasteiger partial charge >= 0.3 is 0 Å². The Balaban J connectivity index is 1.43. The quantitative estimate of drug-likeness (QED) is 0.856. The Morgan fingerprint density at radius 1 is 0.833 bits per heavy atom. The fraction of sp³-hybridized carbons (Fsp3) is 0.444. The normalized spacial score (nSPS) is 18.3. The van der Waals surface area contributed by atoms with Crippen LogP contribution < -0.4 is 14.7 Å². The van der Waals surface area contributed by atoms with Crippen molar-refractivity contribution in [2.24, 2.45) is 0 Å². The Hall–Kier alpha value is -2.01. The van der Waals surface area contributed by atoms with E-state index in [0.717, 1.165) is 56.1 Å². The lowest BCUT2D eigenvalue weighted by atomic mass is 10.2. The summed E-state index contributed by atoms with van der Waals surface area (Å²) >= 11 is 6.11. The van der Waals surface area contributed by atoms with E-state index >= 15 is 0 Å². The van der Waals surface area contributed by atoms with Crippen LogP contribution in [0.15, 0.2) is 36.5 Å². The summed E-state index contributed by atoms with van der Waals surface area (Å²) in [7, 11) is 0. The summed E-state index contributed by atoms with van der Waals surface area (Å²) in [6, 6.07) is 10.1. The highest BCUT2D eigenvalue weighted by Gasteiger charge is 2.21. The van der Waals surface area contributed by atoms with Crippen molar-refractivity contribution in [3.63, 3.8) is 0 Å². The molecular formula is C18H22ClN5. The average Bonchev–Trinajstić information content (AvgIpc) is 3.17. The van der Waals surface area contributed by atoms with Gasteiger partial charge in [-0.05, 0) is 37.1 Å². The molecule has 0 amide bonds. The molecule has 2 saturated heterocycles. The van der Waals surface area contributed by atoms with Crippen molar-refractivity contribution in [2.75, 3.05) is 54.0 Å². The standard InChI is InChI=1S/C18H22ClN5/c19-15-4-3-5-16(14-15)22-10-12-24(13-11-22)18-20-7-6-17(21-18)23-8-1-2-9-23/h3-7,14H,1-2,8-13H2. The van der Waals surface area contributed by atoms with Gasteiger partial charge in [-0.3, -0.25) is 0 Å². The molecule has 0 spiro atoms. The van der Waals surface area contributed by atoms with Gasteiger partial charge in [0.05, 0.1) is 0 Å². The zero-order valence-corrected chi connectivity index (χ0v) is 14.5. The Morgan fingerprint density at radius 3 is 2.33 bits per heavy atom. The van der Waals surface area contributed by atoms with Gasteiger partial charge in [-0.15, -0.1) is 0 Å². The van der Waals surface area contributed by atoms with Gasteiger partial charge in [0, 0.05) is 56.2 Å². The highest BCUT2D eigenvalue weighted by Crippen LogP contribution is 2.23. The number of piperazine rings is 1. The molecule has 4 rings (SSSR count). The van der Waals surface area contributed by atoms with Gasteiger partial charge in [0.25, 0.3) is 0 Å². The van der Waals surface area contributed by atoms with Crippen LogP contribution in [0.2, 0.25) is 5.02 Å². The summed E-state index contributed by atoms with van der Waals surface area (Å²) in [6.45, 7) is 5.99. The number of rotatable bonds is 3. The molecule has 126 valence electrons. The van der Waals surface area contributed by atoms with Crippen molar-refractivity contribution in [2.45, 2.75) is 12.8 Å². The van der Waals surface area contributed by atoms with E-state index in [4.69, 9.17) is 16.6 Å². The molecule has 0 radical (unpaired) electrons. The molecule has 1 aromatic carbocycles. The number of hydrogen-bond acceptors (Lipinski definition) is 5. The zero-order valence-electron chi connectivity index (χ0n) is 13.7. The van der Waals surface area contributed by atoms with E-state index in [1.54, 1.807) is 0 Å². The van der Waals surface area contributed by atoms with Crippen molar-refractivity contribution in [1.29, 1.82) is 0 Å². The summed E-state index contributed by atoms with van der Waals surface area (Å²) in [6.07, 6.45) is 4.41. The number of hydrogen-bond donors (Lipinski definition) is 0. The third-order valence-corrected chi connectivity index (χ3v) is 5.03. The molecule has 5 nitrogen and oxygen atoms in total. The van der Waals surface area contributed by atoms with Crippen LogP contribution in [0, 0.1) is 0 Å². The van der Waals surface area contributed by atoms with Crippen LogP contribution in [0.5, 0.6) is 0 Å². The van der Waals surface area contributed by atoms with Gasteiger partial charge in [0.15, 0.2) is 0 Å². The predicted molar refractivity (Wildman–Crippen MR) is 99.4 cm³/mol. The molecule has 24 heavy (non-hydrogen) atoms. The minimum Gasteiger partial charge on any atom is -0.368 e. The molecule has 0 aliphatic carbocycles. The van der Waals surface area contributed by atoms with Gasteiger partial charge < -0.3 is 14.7 Å². The van der Waals surface area contributed by atoms with E-state index in [-0.39, 0.29) is 0 Å². The number of benzene rings is 1. The van der Waals surface area contributed by atoms with E-state index in [0.29, 0.717) is 0 Å². The first kappa shape index (κ1) is 15.5. The molecule has 2 aromatic rings. The lowest BCUT2D eigenvalue weighted by Crippen LogP contribution is -2.47. The molecule has 0 bridgehead atoms. The molecule has 0 unspecified atom stereocenters. The van der Waals surface area contributed by atoms with Gasteiger partial charge in [-0.1, -0.05) is 17.7 Å². The number of nitrogens with zero attached hydrogens (tertiary/aromatic N) is 5. The largest absolute Gasteiger partial charge is 0.368 e. The molecule has 3 heterocycles. The smallest absolute Gasteiger partial charge is 0.227 e. The molecule has 0 N–H and O–H groups in total. The SMILES string of the molecule is Clc1cccc(N2CCN(c3nccc(N4CCCC4)n3)CC2)c1. The first-order valence-corrected chi connectivity index (χ1v) is 9.01. The topological polar surface area (TPSA) is 35.5 Å². The van der Waals surface area contributed by atoms with Crippen LogP contribution in [0.3, 0.4) is 0 Å². The first-order chi connectivity index (χ1) is 11.8. The van der Waals surface area contributed by atoms with E-state index < -0.39 is 0 Å². The van der Waals surface area contributed by atoms with Crippen LogP contribution in [-0.2, 0) is 0 Å². The van der Waals surface area contributed by atoms with Crippen molar-refractivity contribution >= 4 is 29.1 Å². The van der Waals surface area contributed by atoms with E-state index in [1.807, 2.05) is 30.5 Å². The molecule has 2 aliphatic heterocycles. The van der Waals surface area contributed by atoms with Gasteiger partial charge in [-0.2, -0.15) is 4.98 Å². The molecular weight excluding hydrogens is 322 g/mol. The summed E-state index contributed by atoms with van der Waals surface area (Å²) in [5.41, 5.74) is 1.19. The Bertz CT molecular complexity index is 693. The van der Waals surface area contributed by atoms with E-state index in [1.165, 1.54) is 18.5 Å². The fourth-order valence-corrected chi connectivity index (χ4v) is 3.64. The van der Waals surface area contributed by atoms with Crippen molar-refractivity contribution in [1.82, 2.24) is 9.97 Å². The number of aromatic nitrogens is 2. The van der Waals surface area contributed by atoms with Gasteiger partial charge in [0.1, 0.15) is 5.82 Å². The van der Waals surface area contributed by atoms with Crippen molar-refractivity contribution in [3.05, 3.63) is 41.6 Å². The van der Waals surface area contributed by atoms with E-state index in [9.17, 15) is 0 Å². The Labute approximate surface area is 147 Å². The molecule has 0 saturated carbocycles. The highest BCUT2D eigenvalue weighted by molar-refractivity contribution is 6.30. The predicted octanol–water partition coefficient (Wildman–Crippen LogP) is 3.06. The van der Waals surface area contributed by atoms with Gasteiger partial charge in [-0.25, -0.2) is 4.98 Å². The summed E-state index contributed by atoms with van der Waals surface area (Å²) in [4.78, 5) is 16.3. The second kappa shape index (κ2) is 6.85. The number of halogens is 1. The maximum Gasteiger partial charge on any atom is 0.227 e. The molecule has 2 fully saturated rings. The van der Waals surface area contributed by atoms with Crippen molar-refractivity contribution in [3.8, 4) is 0 Å². The van der Waals surface area contributed by atoms with Crippen LogP contribution >= 0.6 is 11.6 Å². The average molecular weight is 344 g/mol. The fourth-order valence-electron chi connectivity index (χ4n) is 3.45. The third kappa shape index (κ3) is 3.26. The number of anilines is 3. The summed E-state index contributed by atoms with van der Waals surface area (Å²) in [5.74, 6) is 1.92. The second-order valence-corrected chi connectivity index (χ2v) is 6.80. The summed E-state index contributed by atoms with van der Waals surface area (Å²) in [5, 5.41) is 0.788. The van der Waals surface area contributed by atoms with Crippen LogP contribution in [-0.4, -0.2) is 49.2 Å². The maximum absolute atomic E-state index is 6.11.